The Morgan fingerprint density at radius 2 is 1.60 bits per heavy atom. The third-order valence-corrected chi connectivity index (χ3v) is 3.95. The van der Waals surface area contributed by atoms with Gasteiger partial charge < -0.3 is 5.11 Å². The Hall–Kier alpha value is -1.76. The number of hydrogen-bond donors (Lipinski definition) is 1. The predicted molar refractivity (Wildman–Crippen MR) is 86.4 cm³/mol. The normalized spacial score (nSPS) is 11.1. The molecule has 0 aliphatic rings. The smallest absolute Gasteiger partial charge is 0.118 e. The molecule has 2 rings (SSSR count). The molecule has 1 heteroatoms. The van der Waals surface area contributed by atoms with Gasteiger partial charge in [-0.25, -0.2) is 0 Å². The van der Waals surface area contributed by atoms with Gasteiger partial charge in [0.05, 0.1) is 0 Å². The van der Waals surface area contributed by atoms with E-state index in [-0.39, 0.29) is 0 Å². The predicted octanol–water partition coefficient (Wildman–Crippen LogP) is 5.31. The Morgan fingerprint density at radius 1 is 0.900 bits per heavy atom. The van der Waals surface area contributed by atoms with E-state index in [1.165, 1.54) is 22.3 Å². The fraction of sp³-hybridized carbons (Fsp3) is 0.368. The van der Waals surface area contributed by atoms with E-state index in [0.717, 1.165) is 18.4 Å². The van der Waals surface area contributed by atoms with Crippen molar-refractivity contribution in [3.8, 4) is 16.9 Å². The lowest BCUT2D eigenvalue weighted by molar-refractivity contribution is 0.469. The minimum Gasteiger partial charge on any atom is -0.508 e. The van der Waals surface area contributed by atoms with E-state index in [1.807, 2.05) is 12.1 Å². The van der Waals surface area contributed by atoms with Crippen LogP contribution in [0, 0.1) is 0 Å². The molecule has 0 unspecified atom stereocenters. The molecular weight excluding hydrogens is 244 g/mol. The first-order chi connectivity index (χ1) is 9.56. The molecule has 0 spiro atoms. The fourth-order valence-electron chi connectivity index (χ4n) is 2.57. The third kappa shape index (κ3) is 2.87. The SMILES string of the molecule is CCc1cc(-c2cc(C(C)C)ccc2CC)ccc1O. The molecule has 0 atom stereocenters. The Labute approximate surface area is 122 Å². The van der Waals surface area contributed by atoms with E-state index in [4.69, 9.17) is 0 Å². The molecule has 0 aliphatic carbocycles. The zero-order valence-corrected chi connectivity index (χ0v) is 12.9. The molecule has 0 bridgehead atoms. The van der Waals surface area contributed by atoms with E-state index < -0.39 is 0 Å². The van der Waals surface area contributed by atoms with Crippen LogP contribution in [0.4, 0.5) is 0 Å². The van der Waals surface area contributed by atoms with Gasteiger partial charge in [-0.05, 0) is 58.7 Å². The van der Waals surface area contributed by atoms with Crippen LogP contribution >= 0.6 is 0 Å². The van der Waals surface area contributed by atoms with Crippen molar-refractivity contribution in [2.24, 2.45) is 0 Å². The van der Waals surface area contributed by atoms with Crippen molar-refractivity contribution in [3.05, 3.63) is 53.1 Å². The molecule has 0 aliphatic heterocycles. The number of aryl methyl sites for hydroxylation is 2. The van der Waals surface area contributed by atoms with Crippen LogP contribution in [-0.2, 0) is 12.8 Å². The van der Waals surface area contributed by atoms with Crippen molar-refractivity contribution in [2.45, 2.75) is 46.5 Å². The van der Waals surface area contributed by atoms with E-state index in [2.05, 4.69) is 52.0 Å². The quantitative estimate of drug-likeness (QED) is 0.797. The van der Waals surface area contributed by atoms with Crippen molar-refractivity contribution >= 4 is 0 Å². The first-order valence-corrected chi connectivity index (χ1v) is 7.51. The van der Waals surface area contributed by atoms with Gasteiger partial charge in [-0.3, -0.25) is 0 Å². The standard InChI is InChI=1S/C19H24O/c1-5-14-7-8-16(13(3)4)12-18(14)17-9-10-19(20)15(6-2)11-17/h7-13,20H,5-6H2,1-4H3. The van der Waals surface area contributed by atoms with Gasteiger partial charge in [0.1, 0.15) is 5.75 Å². The summed E-state index contributed by atoms with van der Waals surface area (Å²) in [6.45, 7) is 8.71. The van der Waals surface area contributed by atoms with Gasteiger partial charge >= 0.3 is 0 Å². The second-order valence-electron chi connectivity index (χ2n) is 5.62. The summed E-state index contributed by atoms with van der Waals surface area (Å²) in [5, 5.41) is 9.85. The number of aromatic hydroxyl groups is 1. The number of hydrogen-bond acceptors (Lipinski definition) is 1. The van der Waals surface area contributed by atoms with Gasteiger partial charge in [0, 0.05) is 0 Å². The molecule has 20 heavy (non-hydrogen) atoms. The monoisotopic (exact) mass is 268 g/mol. The molecule has 0 aromatic heterocycles. The molecule has 0 radical (unpaired) electrons. The average Bonchev–Trinajstić information content (AvgIpc) is 2.47. The van der Waals surface area contributed by atoms with E-state index in [1.54, 1.807) is 0 Å². The summed E-state index contributed by atoms with van der Waals surface area (Å²) in [4.78, 5) is 0. The topological polar surface area (TPSA) is 20.2 Å². The first kappa shape index (κ1) is 14.6. The molecule has 2 aromatic carbocycles. The lowest BCUT2D eigenvalue weighted by Crippen LogP contribution is -1.94. The van der Waals surface area contributed by atoms with Crippen molar-refractivity contribution < 1.29 is 5.11 Å². The summed E-state index contributed by atoms with van der Waals surface area (Å²) in [5.41, 5.74) is 6.25. The summed E-state index contributed by atoms with van der Waals surface area (Å²) >= 11 is 0. The van der Waals surface area contributed by atoms with E-state index in [0.29, 0.717) is 11.7 Å². The Kier molecular flexibility index (Phi) is 4.49. The van der Waals surface area contributed by atoms with Crippen molar-refractivity contribution in [2.75, 3.05) is 0 Å². The summed E-state index contributed by atoms with van der Waals surface area (Å²) in [7, 11) is 0. The maximum Gasteiger partial charge on any atom is 0.118 e. The minimum absolute atomic E-state index is 0.398. The zero-order chi connectivity index (χ0) is 14.7. The van der Waals surface area contributed by atoms with Crippen LogP contribution in [0.1, 0.15) is 50.3 Å². The molecule has 0 saturated carbocycles. The summed E-state index contributed by atoms with van der Waals surface area (Å²) < 4.78 is 0. The maximum absolute atomic E-state index is 9.85. The van der Waals surface area contributed by atoms with Gasteiger partial charge in [0.2, 0.25) is 0 Å². The number of phenols is 1. The van der Waals surface area contributed by atoms with Crippen LogP contribution < -0.4 is 0 Å². The first-order valence-electron chi connectivity index (χ1n) is 7.51. The van der Waals surface area contributed by atoms with Crippen LogP contribution in [-0.4, -0.2) is 5.11 Å². The second kappa shape index (κ2) is 6.13. The summed E-state index contributed by atoms with van der Waals surface area (Å²) in [6, 6.07) is 12.7. The minimum atomic E-state index is 0.398. The van der Waals surface area contributed by atoms with Crippen LogP contribution in [0.25, 0.3) is 11.1 Å². The molecular formula is C19H24O. The highest BCUT2D eigenvalue weighted by Gasteiger charge is 2.09. The molecule has 0 heterocycles. The van der Waals surface area contributed by atoms with Crippen molar-refractivity contribution in [1.29, 1.82) is 0 Å². The molecule has 1 nitrogen and oxygen atoms in total. The average molecular weight is 268 g/mol. The molecule has 106 valence electrons. The largest absolute Gasteiger partial charge is 0.508 e. The Balaban J connectivity index is 2.57. The lowest BCUT2D eigenvalue weighted by atomic mass is 9.91. The molecule has 0 saturated heterocycles. The fourth-order valence-corrected chi connectivity index (χ4v) is 2.57. The van der Waals surface area contributed by atoms with Crippen molar-refractivity contribution in [1.82, 2.24) is 0 Å². The van der Waals surface area contributed by atoms with Gasteiger partial charge in [0.15, 0.2) is 0 Å². The van der Waals surface area contributed by atoms with Crippen molar-refractivity contribution in [3.63, 3.8) is 0 Å². The van der Waals surface area contributed by atoms with Gasteiger partial charge in [-0.1, -0.05) is 52.0 Å². The highest BCUT2D eigenvalue weighted by Crippen LogP contribution is 2.31. The molecule has 0 fully saturated rings. The summed E-state index contributed by atoms with van der Waals surface area (Å²) in [6.07, 6.45) is 1.88. The van der Waals surface area contributed by atoms with E-state index >= 15 is 0 Å². The number of phenolic OH excluding ortho intramolecular Hbond substituents is 1. The number of benzene rings is 2. The zero-order valence-electron chi connectivity index (χ0n) is 12.9. The highest BCUT2D eigenvalue weighted by atomic mass is 16.3. The van der Waals surface area contributed by atoms with Gasteiger partial charge in [-0.2, -0.15) is 0 Å². The molecule has 0 amide bonds. The second-order valence-corrected chi connectivity index (χ2v) is 5.62. The lowest BCUT2D eigenvalue weighted by Gasteiger charge is -2.14. The van der Waals surface area contributed by atoms with Crippen LogP contribution in [0.3, 0.4) is 0 Å². The Bertz CT molecular complexity index is 597. The van der Waals surface area contributed by atoms with Gasteiger partial charge in [0.25, 0.3) is 0 Å². The van der Waals surface area contributed by atoms with Crippen LogP contribution in [0.15, 0.2) is 36.4 Å². The molecule has 1 N–H and O–H groups in total. The van der Waals surface area contributed by atoms with Crippen LogP contribution in [0.5, 0.6) is 5.75 Å². The van der Waals surface area contributed by atoms with E-state index in [9.17, 15) is 5.11 Å². The number of rotatable bonds is 4. The summed E-state index contributed by atoms with van der Waals surface area (Å²) in [5.74, 6) is 0.928. The van der Waals surface area contributed by atoms with Gasteiger partial charge in [-0.15, -0.1) is 0 Å². The van der Waals surface area contributed by atoms with Crippen LogP contribution in [0.2, 0.25) is 0 Å². The third-order valence-electron chi connectivity index (χ3n) is 3.95. The maximum atomic E-state index is 9.85. The highest BCUT2D eigenvalue weighted by molar-refractivity contribution is 5.70. The Morgan fingerprint density at radius 3 is 2.20 bits per heavy atom. The molecule has 2 aromatic rings.